The van der Waals surface area contributed by atoms with Crippen molar-refractivity contribution < 1.29 is 13.9 Å². The normalized spacial score (nSPS) is 10.5. The monoisotopic (exact) mass is 387 g/mol. The Bertz CT molecular complexity index is 728. The van der Waals surface area contributed by atoms with E-state index in [9.17, 15) is 9.18 Å². The predicted octanol–water partition coefficient (Wildman–Crippen LogP) is 4.69. The maximum Gasteiger partial charge on any atom is 0.230 e. The Hall–Kier alpha value is -1.43. The van der Waals surface area contributed by atoms with Crippen LogP contribution in [0.15, 0.2) is 36.4 Å². The van der Waals surface area contributed by atoms with Gasteiger partial charge in [-0.25, -0.2) is 4.39 Å². The van der Waals surface area contributed by atoms with E-state index in [1.165, 1.54) is 31.0 Å². The molecule has 2 aromatic carbocycles. The highest BCUT2D eigenvalue weighted by molar-refractivity contribution is 7.99. The van der Waals surface area contributed by atoms with E-state index in [0.717, 1.165) is 5.56 Å². The topological polar surface area (TPSA) is 38.3 Å². The van der Waals surface area contributed by atoms with Crippen LogP contribution in [0.5, 0.6) is 5.75 Å². The Balaban J connectivity index is 1.76. The van der Waals surface area contributed by atoms with Gasteiger partial charge in [0.2, 0.25) is 5.91 Å². The highest BCUT2D eigenvalue weighted by Gasteiger charge is 2.07. The third kappa shape index (κ3) is 5.58. The van der Waals surface area contributed by atoms with Gasteiger partial charge in [0, 0.05) is 22.3 Å². The molecule has 0 heterocycles. The molecule has 128 valence electrons. The molecule has 7 heteroatoms. The molecule has 0 aliphatic heterocycles. The van der Waals surface area contributed by atoms with Crippen LogP contribution >= 0.6 is 35.0 Å². The average Bonchev–Trinajstić information content (AvgIpc) is 2.55. The van der Waals surface area contributed by atoms with E-state index < -0.39 is 5.82 Å². The van der Waals surface area contributed by atoms with Gasteiger partial charge < -0.3 is 10.1 Å². The van der Waals surface area contributed by atoms with Gasteiger partial charge in [-0.2, -0.15) is 0 Å². The van der Waals surface area contributed by atoms with E-state index in [4.69, 9.17) is 27.9 Å². The molecule has 24 heavy (non-hydrogen) atoms. The van der Waals surface area contributed by atoms with Gasteiger partial charge in [0.05, 0.1) is 12.9 Å². The summed E-state index contributed by atoms with van der Waals surface area (Å²) in [5.41, 5.74) is 1.60. The fraction of sp³-hybridized carbons (Fsp3) is 0.235. The number of hydrogen-bond acceptors (Lipinski definition) is 3. The lowest BCUT2D eigenvalue weighted by molar-refractivity contribution is -0.118. The van der Waals surface area contributed by atoms with E-state index in [2.05, 4.69) is 5.32 Å². The highest BCUT2D eigenvalue weighted by Crippen LogP contribution is 2.24. The number of benzene rings is 2. The summed E-state index contributed by atoms with van der Waals surface area (Å²) in [6.45, 7) is 0.266. The van der Waals surface area contributed by atoms with Gasteiger partial charge in [0.25, 0.3) is 0 Å². The molecule has 3 nitrogen and oxygen atoms in total. The number of carbonyl (C=O) groups is 1. The summed E-state index contributed by atoms with van der Waals surface area (Å²) in [6.07, 6.45) is 0. The Morgan fingerprint density at radius 1 is 1.25 bits per heavy atom. The highest BCUT2D eigenvalue weighted by atomic mass is 35.5. The van der Waals surface area contributed by atoms with Crippen LogP contribution < -0.4 is 10.1 Å². The van der Waals surface area contributed by atoms with Gasteiger partial charge >= 0.3 is 0 Å². The minimum Gasteiger partial charge on any atom is -0.494 e. The molecule has 0 aromatic heterocycles. The molecule has 2 rings (SSSR count). The largest absolute Gasteiger partial charge is 0.494 e. The average molecular weight is 388 g/mol. The van der Waals surface area contributed by atoms with E-state index in [0.29, 0.717) is 21.4 Å². The number of methoxy groups -OCH3 is 1. The number of thioether (sulfide) groups is 1. The van der Waals surface area contributed by atoms with Crippen LogP contribution in [0.4, 0.5) is 4.39 Å². The van der Waals surface area contributed by atoms with E-state index in [1.54, 1.807) is 18.2 Å². The van der Waals surface area contributed by atoms with Crippen LogP contribution in [0.1, 0.15) is 11.1 Å². The zero-order chi connectivity index (χ0) is 17.5. The maximum absolute atomic E-state index is 13.6. The number of amides is 1. The maximum atomic E-state index is 13.6. The molecule has 0 aliphatic carbocycles. The van der Waals surface area contributed by atoms with Crippen molar-refractivity contribution in [1.29, 1.82) is 0 Å². The standard InChI is InChI=1S/C17H16Cl2FNO2S/c1-23-16-5-2-11(6-15(16)20)8-21-17(22)10-24-9-12-3-4-13(18)7-14(12)19/h2-7H,8-10H2,1H3,(H,21,22). The molecule has 0 spiro atoms. The molecule has 0 unspecified atom stereocenters. The number of nitrogens with one attached hydrogen (secondary N) is 1. The summed E-state index contributed by atoms with van der Waals surface area (Å²) < 4.78 is 18.4. The number of ether oxygens (including phenoxy) is 1. The summed E-state index contributed by atoms with van der Waals surface area (Å²) in [6, 6.07) is 9.88. The smallest absolute Gasteiger partial charge is 0.230 e. The zero-order valence-corrected chi connectivity index (χ0v) is 15.3. The summed E-state index contributed by atoms with van der Waals surface area (Å²) in [7, 11) is 1.41. The van der Waals surface area contributed by atoms with Gasteiger partial charge in [0.1, 0.15) is 0 Å². The van der Waals surface area contributed by atoms with Crippen molar-refractivity contribution in [2.45, 2.75) is 12.3 Å². The molecule has 0 aliphatic rings. The third-order valence-corrected chi connectivity index (χ3v) is 4.78. The molecular formula is C17H16Cl2FNO2S. The summed E-state index contributed by atoms with van der Waals surface area (Å²) >= 11 is 13.4. The number of carbonyl (C=O) groups excluding carboxylic acids is 1. The van der Waals surface area contributed by atoms with Gasteiger partial charge in [-0.1, -0.05) is 35.3 Å². The predicted molar refractivity (Wildman–Crippen MR) is 97.4 cm³/mol. The first-order valence-electron chi connectivity index (χ1n) is 7.10. The first-order chi connectivity index (χ1) is 11.5. The van der Waals surface area contributed by atoms with Crippen LogP contribution in [-0.4, -0.2) is 18.8 Å². The number of halogens is 3. The van der Waals surface area contributed by atoms with Crippen LogP contribution in [-0.2, 0) is 17.1 Å². The van der Waals surface area contributed by atoms with E-state index in [1.807, 2.05) is 6.07 Å². The fourth-order valence-electron chi connectivity index (χ4n) is 1.96. The van der Waals surface area contributed by atoms with Crippen LogP contribution in [0.3, 0.4) is 0 Å². The SMILES string of the molecule is COc1ccc(CNC(=O)CSCc2ccc(Cl)cc2Cl)cc1F. The van der Waals surface area contributed by atoms with Crippen LogP contribution in [0.2, 0.25) is 10.0 Å². The van der Waals surface area contributed by atoms with Gasteiger partial charge in [-0.05, 0) is 35.4 Å². The molecule has 0 bridgehead atoms. The lowest BCUT2D eigenvalue weighted by Gasteiger charge is -2.08. The molecule has 0 radical (unpaired) electrons. The Morgan fingerprint density at radius 3 is 2.71 bits per heavy atom. The molecule has 0 saturated carbocycles. The number of rotatable bonds is 7. The second kappa shape index (κ2) is 9.16. The van der Waals surface area contributed by atoms with Crippen molar-refractivity contribution in [3.63, 3.8) is 0 Å². The van der Waals surface area contributed by atoms with Gasteiger partial charge in [0.15, 0.2) is 11.6 Å². The number of hydrogen-bond donors (Lipinski definition) is 1. The first-order valence-corrected chi connectivity index (χ1v) is 9.01. The fourth-order valence-corrected chi connectivity index (χ4v) is 3.38. The Labute approximate surface area is 154 Å². The van der Waals surface area contributed by atoms with E-state index in [-0.39, 0.29) is 24.0 Å². The second-order valence-electron chi connectivity index (χ2n) is 4.97. The minimum atomic E-state index is -0.448. The summed E-state index contributed by atoms with van der Waals surface area (Å²) in [4.78, 5) is 11.8. The first kappa shape index (κ1) is 18.9. The lowest BCUT2D eigenvalue weighted by Crippen LogP contribution is -2.24. The van der Waals surface area contributed by atoms with Crippen molar-refractivity contribution in [3.8, 4) is 5.75 Å². The molecule has 0 fully saturated rings. The molecule has 1 N–H and O–H groups in total. The van der Waals surface area contributed by atoms with Gasteiger partial charge in [-0.15, -0.1) is 11.8 Å². The summed E-state index contributed by atoms with van der Waals surface area (Å²) in [5, 5.41) is 3.92. The zero-order valence-electron chi connectivity index (χ0n) is 12.9. The Morgan fingerprint density at radius 2 is 2.04 bits per heavy atom. The summed E-state index contributed by atoms with van der Waals surface area (Å²) in [5.74, 6) is 0.510. The van der Waals surface area contributed by atoms with E-state index >= 15 is 0 Å². The van der Waals surface area contributed by atoms with Crippen LogP contribution in [0.25, 0.3) is 0 Å². The second-order valence-corrected chi connectivity index (χ2v) is 6.80. The van der Waals surface area contributed by atoms with Crippen molar-refractivity contribution >= 4 is 40.9 Å². The lowest BCUT2D eigenvalue weighted by atomic mass is 10.2. The molecule has 0 saturated heterocycles. The molecular weight excluding hydrogens is 372 g/mol. The molecule has 2 aromatic rings. The van der Waals surface area contributed by atoms with Crippen LogP contribution in [0, 0.1) is 5.82 Å². The third-order valence-electron chi connectivity index (χ3n) is 3.21. The van der Waals surface area contributed by atoms with Crippen molar-refractivity contribution in [3.05, 3.63) is 63.4 Å². The van der Waals surface area contributed by atoms with Crippen molar-refractivity contribution in [2.75, 3.05) is 12.9 Å². The van der Waals surface area contributed by atoms with Crippen molar-refractivity contribution in [2.24, 2.45) is 0 Å². The molecule has 1 amide bonds. The Kier molecular flexibility index (Phi) is 7.21. The van der Waals surface area contributed by atoms with Gasteiger partial charge in [-0.3, -0.25) is 4.79 Å². The minimum absolute atomic E-state index is 0.124. The quantitative estimate of drug-likeness (QED) is 0.748. The van der Waals surface area contributed by atoms with Crippen molar-refractivity contribution in [1.82, 2.24) is 5.32 Å². The molecule has 0 atom stereocenters.